The van der Waals surface area contributed by atoms with Gasteiger partial charge in [-0.3, -0.25) is 5.43 Å². The molecule has 2 N–H and O–H groups in total. The van der Waals surface area contributed by atoms with E-state index >= 15 is 0 Å². The van der Waals surface area contributed by atoms with Crippen molar-refractivity contribution in [1.82, 2.24) is 15.2 Å². The summed E-state index contributed by atoms with van der Waals surface area (Å²) in [6.45, 7) is 8.83. The topological polar surface area (TPSA) is 87.7 Å². The van der Waals surface area contributed by atoms with E-state index in [1.807, 2.05) is 20.8 Å². The summed E-state index contributed by atoms with van der Waals surface area (Å²) in [4.78, 5) is 11.6. The zero-order chi connectivity index (χ0) is 18.0. The molecule has 8 heteroatoms. The Hall–Kier alpha value is -0.860. The van der Waals surface area contributed by atoms with Crippen molar-refractivity contribution in [3.05, 3.63) is 0 Å². The second-order valence-electron chi connectivity index (χ2n) is 8.04. The number of carbonyl (C=O) groups is 1. The van der Waals surface area contributed by atoms with Crippen molar-refractivity contribution in [1.29, 1.82) is 0 Å². The molecule has 1 aliphatic heterocycles. The Morgan fingerprint density at radius 2 is 1.75 bits per heavy atom. The standard InChI is InChI=1S/C16H31N3O4S/c1-12-9-10-19(11-12)24(21,22)14-7-5-13(6-8-14)17-18-15(20)23-16(2,3)4/h12-14,17H,5-11H2,1-4H3,(H,18,20). The van der Waals surface area contributed by atoms with Gasteiger partial charge in [0.05, 0.1) is 5.25 Å². The molecule has 1 heterocycles. The molecule has 2 rings (SSSR count). The fourth-order valence-corrected chi connectivity index (χ4v) is 5.42. The van der Waals surface area contributed by atoms with Gasteiger partial charge >= 0.3 is 6.09 Å². The number of hydrazine groups is 1. The van der Waals surface area contributed by atoms with Crippen LogP contribution < -0.4 is 10.9 Å². The van der Waals surface area contributed by atoms with E-state index in [-0.39, 0.29) is 11.3 Å². The first-order chi connectivity index (χ1) is 11.1. The Bertz CT molecular complexity index is 536. The Morgan fingerprint density at radius 3 is 2.25 bits per heavy atom. The number of hydrogen-bond donors (Lipinski definition) is 2. The third kappa shape index (κ3) is 5.32. The number of sulfonamides is 1. The fraction of sp³-hybridized carbons (Fsp3) is 0.938. The molecular formula is C16H31N3O4S. The fourth-order valence-electron chi connectivity index (χ4n) is 3.31. The molecule has 7 nitrogen and oxygen atoms in total. The molecule has 1 aliphatic carbocycles. The van der Waals surface area contributed by atoms with Gasteiger partial charge in [0.1, 0.15) is 5.60 Å². The zero-order valence-electron chi connectivity index (χ0n) is 15.2. The van der Waals surface area contributed by atoms with Crippen molar-refractivity contribution in [2.45, 2.75) is 76.7 Å². The Kier molecular flexibility index (Phi) is 6.14. The average Bonchev–Trinajstić information content (AvgIpc) is 2.91. The summed E-state index contributed by atoms with van der Waals surface area (Å²) in [5.41, 5.74) is 4.97. The van der Waals surface area contributed by atoms with Crippen LogP contribution in [0.5, 0.6) is 0 Å². The highest BCUT2D eigenvalue weighted by atomic mass is 32.2. The number of amides is 1. The van der Waals surface area contributed by atoms with Crippen LogP contribution >= 0.6 is 0 Å². The van der Waals surface area contributed by atoms with Gasteiger partial charge in [0.15, 0.2) is 0 Å². The van der Waals surface area contributed by atoms with Crippen LogP contribution in [-0.2, 0) is 14.8 Å². The van der Waals surface area contributed by atoms with E-state index in [0.29, 0.717) is 31.8 Å². The van der Waals surface area contributed by atoms with Gasteiger partial charge in [-0.05, 0) is 58.8 Å². The molecule has 2 fully saturated rings. The lowest BCUT2D eigenvalue weighted by atomic mass is 9.95. The molecule has 140 valence electrons. The maximum absolute atomic E-state index is 12.7. The molecule has 0 spiro atoms. The van der Waals surface area contributed by atoms with Crippen LogP contribution in [0.4, 0.5) is 4.79 Å². The van der Waals surface area contributed by atoms with E-state index in [1.54, 1.807) is 4.31 Å². The molecule has 1 saturated carbocycles. The Labute approximate surface area is 145 Å². The first-order valence-electron chi connectivity index (χ1n) is 8.81. The average molecular weight is 362 g/mol. The molecule has 0 bridgehead atoms. The Morgan fingerprint density at radius 1 is 1.12 bits per heavy atom. The van der Waals surface area contributed by atoms with Crippen molar-refractivity contribution >= 4 is 16.1 Å². The molecule has 1 atom stereocenters. The van der Waals surface area contributed by atoms with Crippen molar-refractivity contribution in [3.8, 4) is 0 Å². The summed E-state index contributed by atoms with van der Waals surface area (Å²) in [6.07, 6.45) is 3.15. The molecule has 0 radical (unpaired) electrons. The summed E-state index contributed by atoms with van der Waals surface area (Å²) in [7, 11) is -3.18. The number of rotatable bonds is 4. The highest BCUT2D eigenvalue weighted by Crippen LogP contribution is 2.29. The zero-order valence-corrected chi connectivity index (χ0v) is 16.0. The predicted molar refractivity (Wildman–Crippen MR) is 92.8 cm³/mol. The van der Waals surface area contributed by atoms with Gasteiger partial charge in [-0.15, -0.1) is 0 Å². The van der Waals surface area contributed by atoms with Crippen LogP contribution in [0.1, 0.15) is 59.8 Å². The maximum Gasteiger partial charge on any atom is 0.422 e. The monoisotopic (exact) mass is 361 g/mol. The highest BCUT2D eigenvalue weighted by molar-refractivity contribution is 7.89. The quantitative estimate of drug-likeness (QED) is 0.748. The first kappa shape index (κ1) is 19.5. The van der Waals surface area contributed by atoms with Crippen molar-refractivity contribution < 1.29 is 17.9 Å². The van der Waals surface area contributed by atoms with Gasteiger partial charge < -0.3 is 4.74 Å². The largest absolute Gasteiger partial charge is 0.443 e. The summed E-state index contributed by atoms with van der Waals surface area (Å²) >= 11 is 0. The summed E-state index contributed by atoms with van der Waals surface area (Å²) in [5, 5.41) is -0.289. The number of hydrogen-bond acceptors (Lipinski definition) is 5. The van der Waals surface area contributed by atoms with E-state index in [2.05, 4.69) is 17.8 Å². The lowest BCUT2D eigenvalue weighted by Gasteiger charge is -2.31. The van der Waals surface area contributed by atoms with Gasteiger partial charge in [-0.2, -0.15) is 0 Å². The lowest BCUT2D eigenvalue weighted by Crippen LogP contribution is -2.49. The van der Waals surface area contributed by atoms with Crippen LogP contribution in [0.15, 0.2) is 0 Å². The first-order valence-corrected chi connectivity index (χ1v) is 10.3. The third-order valence-electron chi connectivity index (χ3n) is 4.62. The SMILES string of the molecule is CC1CCN(S(=O)(=O)C2CCC(NNC(=O)OC(C)(C)C)CC2)C1. The molecular weight excluding hydrogens is 330 g/mol. The molecule has 0 aromatic rings. The highest BCUT2D eigenvalue weighted by Gasteiger charge is 2.37. The summed E-state index contributed by atoms with van der Waals surface area (Å²) in [6, 6.07) is 0.0847. The van der Waals surface area contributed by atoms with Gasteiger partial charge in [-0.1, -0.05) is 6.92 Å². The minimum Gasteiger partial charge on any atom is -0.443 e. The van der Waals surface area contributed by atoms with Gasteiger partial charge in [0.25, 0.3) is 0 Å². The van der Waals surface area contributed by atoms with Crippen LogP contribution in [0, 0.1) is 5.92 Å². The molecule has 1 saturated heterocycles. The second kappa shape index (κ2) is 7.58. The lowest BCUT2D eigenvalue weighted by molar-refractivity contribution is 0.0482. The maximum atomic E-state index is 12.7. The third-order valence-corrected chi connectivity index (χ3v) is 6.98. The number of nitrogens with zero attached hydrogens (tertiary/aromatic N) is 1. The summed E-state index contributed by atoms with van der Waals surface area (Å²) < 4.78 is 32.2. The summed E-state index contributed by atoms with van der Waals surface area (Å²) in [5.74, 6) is 0.454. The normalized spacial score (nSPS) is 29.4. The van der Waals surface area contributed by atoms with E-state index in [0.717, 1.165) is 19.3 Å². The number of ether oxygens (including phenoxy) is 1. The number of carbonyl (C=O) groups excluding carboxylic acids is 1. The van der Waals surface area contributed by atoms with Gasteiger partial charge in [-0.25, -0.2) is 22.9 Å². The minimum atomic E-state index is -3.18. The minimum absolute atomic E-state index is 0.0847. The van der Waals surface area contributed by atoms with Crippen molar-refractivity contribution in [2.75, 3.05) is 13.1 Å². The molecule has 2 aliphatic rings. The Balaban J connectivity index is 1.76. The predicted octanol–water partition coefficient (Wildman–Crippen LogP) is 2.00. The van der Waals surface area contributed by atoms with E-state index in [1.165, 1.54) is 0 Å². The van der Waals surface area contributed by atoms with Gasteiger partial charge in [0, 0.05) is 19.1 Å². The molecule has 1 amide bonds. The van der Waals surface area contributed by atoms with Crippen LogP contribution in [0.25, 0.3) is 0 Å². The number of nitrogens with one attached hydrogen (secondary N) is 2. The van der Waals surface area contributed by atoms with Gasteiger partial charge in [0.2, 0.25) is 10.0 Å². The molecule has 0 aromatic carbocycles. The van der Waals surface area contributed by atoms with Crippen molar-refractivity contribution in [3.63, 3.8) is 0 Å². The van der Waals surface area contributed by atoms with Crippen LogP contribution in [0.2, 0.25) is 0 Å². The second-order valence-corrected chi connectivity index (χ2v) is 10.3. The smallest absolute Gasteiger partial charge is 0.422 e. The van der Waals surface area contributed by atoms with Crippen molar-refractivity contribution in [2.24, 2.45) is 5.92 Å². The van der Waals surface area contributed by atoms with E-state index < -0.39 is 21.7 Å². The van der Waals surface area contributed by atoms with E-state index in [9.17, 15) is 13.2 Å². The van der Waals surface area contributed by atoms with Crippen LogP contribution in [-0.4, -0.2) is 48.8 Å². The van der Waals surface area contributed by atoms with Crippen LogP contribution in [0.3, 0.4) is 0 Å². The molecule has 0 aromatic heterocycles. The van der Waals surface area contributed by atoms with E-state index in [4.69, 9.17) is 4.74 Å². The molecule has 24 heavy (non-hydrogen) atoms. The molecule has 1 unspecified atom stereocenters.